The van der Waals surface area contributed by atoms with Crippen molar-refractivity contribution >= 4 is 16.5 Å². The van der Waals surface area contributed by atoms with Crippen LogP contribution in [0.5, 0.6) is 0 Å². The third kappa shape index (κ3) is 4.44. The molecule has 3 rings (SSSR count). The summed E-state index contributed by atoms with van der Waals surface area (Å²) in [7, 11) is 0. The molecule has 2 fully saturated rings. The Labute approximate surface area is 143 Å². The number of morpholine rings is 1. The molecular formula is C17H29N3O2S. The van der Waals surface area contributed by atoms with Gasteiger partial charge in [-0.15, -0.1) is 11.3 Å². The second-order valence-electron chi connectivity index (χ2n) is 7.55. The first-order valence-corrected chi connectivity index (χ1v) is 9.45. The van der Waals surface area contributed by atoms with Gasteiger partial charge >= 0.3 is 0 Å². The Morgan fingerprint density at radius 3 is 2.83 bits per heavy atom. The number of thiazole rings is 1. The lowest BCUT2D eigenvalue weighted by atomic mass is 9.81. The zero-order valence-corrected chi connectivity index (χ0v) is 15.3. The van der Waals surface area contributed by atoms with Crippen molar-refractivity contribution in [2.75, 3.05) is 44.4 Å². The fourth-order valence-electron chi connectivity index (χ4n) is 3.46. The quantitative estimate of drug-likeness (QED) is 0.893. The van der Waals surface area contributed by atoms with E-state index in [0.29, 0.717) is 12.0 Å². The van der Waals surface area contributed by atoms with Gasteiger partial charge in [0.1, 0.15) is 0 Å². The van der Waals surface area contributed by atoms with E-state index in [-0.39, 0.29) is 5.41 Å². The fourth-order valence-corrected chi connectivity index (χ4v) is 4.39. The van der Waals surface area contributed by atoms with Crippen LogP contribution >= 0.6 is 11.3 Å². The van der Waals surface area contributed by atoms with Crippen LogP contribution in [0.2, 0.25) is 0 Å². The SMILES string of the molecule is CC(C)(C)[C@H]1OCC[C@@H]1CNCc1cnc(N2CCOCC2)s1. The van der Waals surface area contributed by atoms with E-state index in [4.69, 9.17) is 9.47 Å². The maximum Gasteiger partial charge on any atom is 0.185 e. The summed E-state index contributed by atoms with van der Waals surface area (Å²) in [6.07, 6.45) is 3.53. The highest BCUT2D eigenvalue weighted by molar-refractivity contribution is 7.15. The highest BCUT2D eigenvalue weighted by Crippen LogP contribution is 2.34. The molecule has 5 nitrogen and oxygen atoms in total. The van der Waals surface area contributed by atoms with Crippen LogP contribution in [0.3, 0.4) is 0 Å². The molecule has 0 unspecified atom stereocenters. The summed E-state index contributed by atoms with van der Waals surface area (Å²) in [6.45, 7) is 13.2. The Kier molecular flexibility index (Phi) is 5.57. The number of ether oxygens (including phenoxy) is 2. The van der Waals surface area contributed by atoms with E-state index in [1.54, 1.807) is 11.3 Å². The molecule has 2 aliphatic heterocycles. The third-order valence-electron chi connectivity index (χ3n) is 4.60. The van der Waals surface area contributed by atoms with E-state index in [9.17, 15) is 0 Å². The van der Waals surface area contributed by atoms with E-state index in [1.165, 1.54) is 4.88 Å². The van der Waals surface area contributed by atoms with Crippen molar-refractivity contribution in [1.82, 2.24) is 10.3 Å². The maximum atomic E-state index is 5.95. The molecule has 1 N–H and O–H groups in total. The number of nitrogens with one attached hydrogen (secondary N) is 1. The van der Waals surface area contributed by atoms with Crippen molar-refractivity contribution in [3.63, 3.8) is 0 Å². The van der Waals surface area contributed by atoms with Crippen LogP contribution in [0.15, 0.2) is 6.20 Å². The molecule has 0 aromatic carbocycles. The number of nitrogens with zero attached hydrogens (tertiary/aromatic N) is 2. The lowest BCUT2D eigenvalue weighted by Gasteiger charge is -2.31. The topological polar surface area (TPSA) is 46.6 Å². The second-order valence-corrected chi connectivity index (χ2v) is 8.64. The Hall–Kier alpha value is -0.690. The third-order valence-corrected chi connectivity index (χ3v) is 5.65. The van der Waals surface area contributed by atoms with Crippen molar-refractivity contribution in [3.8, 4) is 0 Å². The molecule has 1 aromatic heterocycles. The van der Waals surface area contributed by atoms with Gasteiger partial charge in [0.05, 0.1) is 19.3 Å². The smallest absolute Gasteiger partial charge is 0.185 e. The first kappa shape index (κ1) is 17.1. The molecule has 2 saturated heterocycles. The standard InChI is InChI=1S/C17H29N3O2S/c1-17(2,3)15-13(4-7-22-15)10-18-11-14-12-19-16(23-14)20-5-8-21-9-6-20/h12-13,15,18H,4-11H2,1-3H3/t13-,15+/m1/s1. The molecule has 2 aliphatic rings. The van der Waals surface area contributed by atoms with Crippen molar-refractivity contribution in [1.29, 1.82) is 0 Å². The van der Waals surface area contributed by atoms with Crippen LogP contribution < -0.4 is 10.2 Å². The normalized spacial score (nSPS) is 26.0. The number of hydrogen-bond donors (Lipinski definition) is 1. The molecule has 23 heavy (non-hydrogen) atoms. The van der Waals surface area contributed by atoms with Crippen molar-refractivity contribution in [2.45, 2.75) is 39.8 Å². The number of aromatic nitrogens is 1. The summed E-state index contributed by atoms with van der Waals surface area (Å²) in [6, 6.07) is 0. The Morgan fingerprint density at radius 2 is 2.09 bits per heavy atom. The van der Waals surface area contributed by atoms with E-state index in [2.05, 4.69) is 36.0 Å². The number of hydrogen-bond acceptors (Lipinski definition) is 6. The molecule has 0 aliphatic carbocycles. The predicted octanol–water partition coefficient (Wildman–Crippen LogP) is 2.52. The van der Waals surface area contributed by atoms with Gasteiger partial charge in [-0.3, -0.25) is 0 Å². The molecule has 3 heterocycles. The maximum absolute atomic E-state index is 5.95. The Balaban J connectivity index is 1.46. The zero-order valence-electron chi connectivity index (χ0n) is 14.5. The summed E-state index contributed by atoms with van der Waals surface area (Å²) >= 11 is 1.79. The first-order valence-electron chi connectivity index (χ1n) is 8.64. The predicted molar refractivity (Wildman–Crippen MR) is 94.2 cm³/mol. The zero-order chi connectivity index (χ0) is 16.3. The van der Waals surface area contributed by atoms with Crippen molar-refractivity contribution in [2.24, 2.45) is 11.3 Å². The van der Waals surface area contributed by atoms with Crippen LogP contribution in [0.25, 0.3) is 0 Å². The molecule has 0 saturated carbocycles. The van der Waals surface area contributed by atoms with E-state index in [0.717, 1.165) is 57.6 Å². The van der Waals surface area contributed by atoms with Crippen molar-refractivity contribution in [3.05, 3.63) is 11.1 Å². The van der Waals surface area contributed by atoms with Gasteiger partial charge in [0.2, 0.25) is 0 Å². The monoisotopic (exact) mass is 339 g/mol. The number of rotatable bonds is 5. The second kappa shape index (κ2) is 7.47. The highest BCUT2D eigenvalue weighted by Gasteiger charge is 2.36. The van der Waals surface area contributed by atoms with Crippen LogP contribution in [-0.4, -0.2) is 50.5 Å². The van der Waals surface area contributed by atoms with Gasteiger partial charge in [0.15, 0.2) is 5.13 Å². The highest BCUT2D eigenvalue weighted by atomic mass is 32.1. The summed E-state index contributed by atoms with van der Waals surface area (Å²) in [5, 5.41) is 4.74. The van der Waals surface area contributed by atoms with Crippen molar-refractivity contribution < 1.29 is 9.47 Å². The first-order chi connectivity index (χ1) is 11.0. The summed E-state index contributed by atoms with van der Waals surface area (Å²) in [5.74, 6) is 0.613. The van der Waals surface area contributed by atoms with Gasteiger partial charge in [-0.25, -0.2) is 4.98 Å². The summed E-state index contributed by atoms with van der Waals surface area (Å²) in [5.41, 5.74) is 0.219. The fraction of sp³-hybridized carbons (Fsp3) is 0.824. The average Bonchev–Trinajstić information content (AvgIpc) is 3.17. The minimum Gasteiger partial charge on any atom is -0.378 e. The molecule has 1 aromatic rings. The molecule has 130 valence electrons. The van der Waals surface area contributed by atoms with Gasteiger partial charge < -0.3 is 19.7 Å². The lowest BCUT2D eigenvalue weighted by molar-refractivity contribution is 0.00722. The van der Waals surface area contributed by atoms with Gasteiger partial charge in [-0.2, -0.15) is 0 Å². The molecule has 0 bridgehead atoms. The van der Waals surface area contributed by atoms with E-state index in [1.807, 2.05) is 6.20 Å². The molecule has 0 spiro atoms. The Morgan fingerprint density at radius 1 is 1.30 bits per heavy atom. The average molecular weight is 340 g/mol. The van der Waals surface area contributed by atoms with Crippen LogP contribution in [0.4, 0.5) is 5.13 Å². The largest absolute Gasteiger partial charge is 0.378 e. The minimum absolute atomic E-state index is 0.219. The van der Waals surface area contributed by atoms with Gasteiger partial charge in [0.25, 0.3) is 0 Å². The van der Waals surface area contributed by atoms with E-state index < -0.39 is 0 Å². The molecule has 0 amide bonds. The molecular weight excluding hydrogens is 310 g/mol. The van der Waals surface area contributed by atoms with Crippen LogP contribution in [0.1, 0.15) is 32.1 Å². The van der Waals surface area contributed by atoms with E-state index >= 15 is 0 Å². The molecule has 2 atom stereocenters. The van der Waals surface area contributed by atoms with Gasteiger partial charge in [-0.05, 0) is 11.8 Å². The molecule has 6 heteroatoms. The van der Waals surface area contributed by atoms with Gasteiger partial charge in [0, 0.05) is 49.8 Å². The molecule has 0 radical (unpaired) electrons. The van der Waals surface area contributed by atoms with Gasteiger partial charge in [-0.1, -0.05) is 20.8 Å². The number of anilines is 1. The lowest BCUT2D eigenvalue weighted by Crippen LogP contribution is -2.36. The summed E-state index contributed by atoms with van der Waals surface area (Å²) < 4.78 is 11.3. The Bertz CT molecular complexity index is 494. The summed E-state index contributed by atoms with van der Waals surface area (Å²) in [4.78, 5) is 8.19. The minimum atomic E-state index is 0.219. The van der Waals surface area contributed by atoms with Crippen LogP contribution in [0, 0.1) is 11.3 Å². The van der Waals surface area contributed by atoms with Crippen LogP contribution in [-0.2, 0) is 16.0 Å².